The van der Waals surface area contributed by atoms with E-state index in [-0.39, 0.29) is 0 Å². The normalized spacial score (nSPS) is 14.3. The van der Waals surface area contributed by atoms with E-state index in [1.165, 1.54) is 11.1 Å². The molecule has 1 aromatic carbocycles. The molecule has 0 atom stereocenters. The van der Waals surface area contributed by atoms with Gasteiger partial charge < -0.3 is 5.73 Å². The van der Waals surface area contributed by atoms with Crippen LogP contribution in [0.15, 0.2) is 48.9 Å². The van der Waals surface area contributed by atoms with Crippen LogP contribution < -0.4 is 5.73 Å². The largest absolute Gasteiger partial charge is 0.384 e. The van der Waals surface area contributed by atoms with Crippen molar-refractivity contribution in [1.82, 2.24) is 19.7 Å². The predicted molar refractivity (Wildman–Crippen MR) is 80.6 cm³/mol. The smallest absolute Gasteiger partial charge is 0.158 e. The molecule has 0 unspecified atom stereocenters. The van der Waals surface area contributed by atoms with Crippen molar-refractivity contribution in [2.24, 2.45) is 0 Å². The highest BCUT2D eigenvalue weighted by Crippen LogP contribution is 2.32. The lowest BCUT2D eigenvalue weighted by Crippen LogP contribution is -2.12. The predicted octanol–water partition coefficient (Wildman–Crippen LogP) is 2.26. The average Bonchev–Trinajstić information content (AvgIpc) is 3.13. The Bertz CT molecular complexity index is 768. The third-order valence-electron chi connectivity index (χ3n) is 3.99. The van der Waals surface area contributed by atoms with Crippen LogP contribution >= 0.6 is 0 Å². The molecule has 21 heavy (non-hydrogen) atoms. The molecule has 0 radical (unpaired) electrons. The van der Waals surface area contributed by atoms with E-state index < -0.39 is 0 Å². The molecule has 0 spiro atoms. The summed E-state index contributed by atoms with van der Waals surface area (Å²) in [6.45, 7) is 0. The Morgan fingerprint density at radius 2 is 1.81 bits per heavy atom. The number of anilines is 1. The van der Waals surface area contributed by atoms with Crippen molar-refractivity contribution in [3.63, 3.8) is 0 Å². The van der Waals surface area contributed by atoms with Crippen LogP contribution in [0.4, 0.5) is 5.82 Å². The average molecular weight is 277 g/mol. The first-order valence-corrected chi connectivity index (χ1v) is 6.99. The number of hydrogen-bond acceptors (Lipinski definition) is 4. The number of nitrogens with zero attached hydrogens (tertiary/aromatic N) is 4. The summed E-state index contributed by atoms with van der Waals surface area (Å²) in [7, 11) is 0. The zero-order valence-corrected chi connectivity index (χ0v) is 11.5. The van der Waals surface area contributed by atoms with Gasteiger partial charge in [0, 0.05) is 11.8 Å². The van der Waals surface area contributed by atoms with Crippen molar-refractivity contribution in [3.8, 4) is 11.4 Å². The van der Waals surface area contributed by atoms with Crippen LogP contribution in [0.1, 0.15) is 17.2 Å². The summed E-state index contributed by atoms with van der Waals surface area (Å²) in [6, 6.07) is 12.6. The van der Waals surface area contributed by atoms with Crippen molar-refractivity contribution in [1.29, 1.82) is 0 Å². The molecule has 2 heterocycles. The summed E-state index contributed by atoms with van der Waals surface area (Å²) in [5.41, 5.74) is 9.53. The van der Waals surface area contributed by atoms with Gasteiger partial charge in [0.05, 0.1) is 6.04 Å². The molecule has 5 nitrogen and oxygen atoms in total. The monoisotopic (exact) mass is 277 g/mol. The third kappa shape index (κ3) is 2.07. The van der Waals surface area contributed by atoms with Crippen LogP contribution in [0.2, 0.25) is 0 Å². The van der Waals surface area contributed by atoms with E-state index in [9.17, 15) is 0 Å². The molecule has 0 amide bonds. The number of hydrogen-bond donors (Lipinski definition) is 1. The highest BCUT2D eigenvalue weighted by Gasteiger charge is 2.25. The second kappa shape index (κ2) is 4.70. The van der Waals surface area contributed by atoms with E-state index >= 15 is 0 Å². The number of pyridine rings is 1. The maximum Gasteiger partial charge on any atom is 0.158 e. The molecule has 4 rings (SSSR count). The van der Waals surface area contributed by atoms with Gasteiger partial charge in [-0.2, -0.15) is 5.10 Å². The second-order valence-corrected chi connectivity index (χ2v) is 5.33. The fourth-order valence-corrected chi connectivity index (χ4v) is 3.02. The fraction of sp³-hybridized carbons (Fsp3) is 0.188. The molecule has 104 valence electrons. The van der Waals surface area contributed by atoms with Crippen LogP contribution in [-0.4, -0.2) is 19.7 Å². The zero-order valence-electron chi connectivity index (χ0n) is 11.5. The molecule has 0 fully saturated rings. The third-order valence-corrected chi connectivity index (χ3v) is 3.99. The molecule has 3 aromatic rings. The van der Waals surface area contributed by atoms with Crippen LogP contribution in [0.5, 0.6) is 0 Å². The summed E-state index contributed by atoms with van der Waals surface area (Å²) < 4.78 is 2.01. The lowest BCUT2D eigenvalue weighted by molar-refractivity contribution is 0.479. The molecule has 2 N–H and O–H groups in total. The fourth-order valence-electron chi connectivity index (χ4n) is 3.02. The highest BCUT2D eigenvalue weighted by atomic mass is 15.3. The first-order valence-electron chi connectivity index (χ1n) is 6.99. The van der Waals surface area contributed by atoms with Crippen LogP contribution in [0.25, 0.3) is 11.4 Å². The van der Waals surface area contributed by atoms with Crippen molar-refractivity contribution in [2.75, 3.05) is 5.73 Å². The molecule has 1 aliphatic carbocycles. The molecule has 0 aliphatic heterocycles. The number of benzene rings is 1. The van der Waals surface area contributed by atoms with Crippen LogP contribution in [0.3, 0.4) is 0 Å². The Labute approximate surface area is 122 Å². The van der Waals surface area contributed by atoms with Gasteiger partial charge >= 0.3 is 0 Å². The number of nitrogen functional groups attached to an aromatic ring is 1. The van der Waals surface area contributed by atoms with E-state index in [1.54, 1.807) is 12.5 Å². The number of fused-ring (bicyclic) bond motifs is 1. The lowest BCUT2D eigenvalue weighted by atomic mass is 10.1. The molecule has 2 aromatic heterocycles. The topological polar surface area (TPSA) is 69.6 Å². The van der Waals surface area contributed by atoms with Crippen molar-refractivity contribution >= 4 is 5.82 Å². The summed E-state index contributed by atoms with van der Waals surface area (Å²) >= 11 is 0. The van der Waals surface area contributed by atoms with Crippen molar-refractivity contribution in [3.05, 3.63) is 60.0 Å². The SMILES string of the molecule is Nc1cc(-c2ncnn2C2Cc3ccccc3C2)ccn1. The van der Waals surface area contributed by atoms with Crippen LogP contribution in [-0.2, 0) is 12.8 Å². The second-order valence-electron chi connectivity index (χ2n) is 5.33. The Morgan fingerprint density at radius 3 is 2.52 bits per heavy atom. The minimum absolute atomic E-state index is 0.314. The van der Waals surface area contributed by atoms with Gasteiger partial charge in [0.1, 0.15) is 12.1 Å². The molecule has 0 bridgehead atoms. The van der Waals surface area contributed by atoms with Gasteiger partial charge in [-0.3, -0.25) is 0 Å². The molecular weight excluding hydrogens is 262 g/mol. The Kier molecular flexibility index (Phi) is 2.70. The Hall–Kier alpha value is -2.69. The van der Waals surface area contributed by atoms with Gasteiger partial charge in [0.25, 0.3) is 0 Å². The minimum atomic E-state index is 0.314. The van der Waals surface area contributed by atoms with Crippen molar-refractivity contribution < 1.29 is 0 Å². The van der Waals surface area contributed by atoms with E-state index in [2.05, 4.69) is 39.3 Å². The maximum atomic E-state index is 5.77. The van der Waals surface area contributed by atoms with E-state index in [0.717, 1.165) is 24.2 Å². The van der Waals surface area contributed by atoms with Gasteiger partial charge in [-0.25, -0.2) is 14.6 Å². The molecule has 1 aliphatic rings. The zero-order chi connectivity index (χ0) is 14.2. The van der Waals surface area contributed by atoms with E-state index in [4.69, 9.17) is 5.73 Å². The summed E-state index contributed by atoms with van der Waals surface area (Å²) in [5.74, 6) is 1.35. The lowest BCUT2D eigenvalue weighted by Gasteiger charge is -2.13. The van der Waals surface area contributed by atoms with E-state index in [1.807, 2.05) is 16.8 Å². The van der Waals surface area contributed by atoms with Gasteiger partial charge in [0.2, 0.25) is 0 Å². The number of aromatic nitrogens is 4. The quantitative estimate of drug-likeness (QED) is 0.780. The van der Waals surface area contributed by atoms with E-state index in [0.29, 0.717) is 11.9 Å². The first kappa shape index (κ1) is 12.1. The van der Waals surface area contributed by atoms with Gasteiger partial charge in [-0.1, -0.05) is 24.3 Å². The Morgan fingerprint density at radius 1 is 1.05 bits per heavy atom. The molecular formula is C16H15N5. The standard InChI is InChI=1S/C16H15N5/c17-15-9-13(5-6-18-15)16-19-10-20-21(16)14-7-11-3-1-2-4-12(11)8-14/h1-6,9-10,14H,7-8H2,(H2,17,18). The number of rotatable bonds is 2. The van der Waals surface area contributed by atoms with Gasteiger partial charge in [-0.15, -0.1) is 0 Å². The highest BCUT2D eigenvalue weighted by molar-refractivity contribution is 5.58. The molecule has 0 saturated heterocycles. The van der Waals surface area contributed by atoms with Gasteiger partial charge in [0.15, 0.2) is 5.82 Å². The summed E-state index contributed by atoms with van der Waals surface area (Å²) in [4.78, 5) is 8.43. The maximum absolute atomic E-state index is 5.77. The summed E-state index contributed by atoms with van der Waals surface area (Å²) in [5, 5.41) is 4.43. The minimum Gasteiger partial charge on any atom is -0.384 e. The first-order chi connectivity index (χ1) is 10.3. The van der Waals surface area contributed by atoms with Crippen molar-refractivity contribution in [2.45, 2.75) is 18.9 Å². The molecule has 0 saturated carbocycles. The molecule has 5 heteroatoms. The Balaban J connectivity index is 1.71. The summed E-state index contributed by atoms with van der Waals surface area (Å²) in [6.07, 6.45) is 5.29. The van der Waals surface area contributed by atoms with Gasteiger partial charge in [-0.05, 0) is 36.1 Å². The van der Waals surface area contributed by atoms with Crippen LogP contribution in [0, 0.1) is 0 Å². The number of nitrogens with two attached hydrogens (primary N) is 1.